The third kappa shape index (κ3) is 8.47. The van der Waals surface area contributed by atoms with Crippen molar-refractivity contribution < 1.29 is 63.6 Å². The number of allylic oxidation sites excluding steroid dienone is 3. The van der Waals surface area contributed by atoms with Crippen molar-refractivity contribution in [3.63, 3.8) is 0 Å². The van der Waals surface area contributed by atoms with Gasteiger partial charge in [0.15, 0.2) is 12.1 Å². The van der Waals surface area contributed by atoms with E-state index in [1.807, 2.05) is 24.3 Å². The van der Waals surface area contributed by atoms with Gasteiger partial charge in [0.2, 0.25) is 5.76 Å². The molecule has 65 heavy (non-hydrogen) atoms. The lowest BCUT2D eigenvalue weighted by Gasteiger charge is -2.51. The summed E-state index contributed by atoms with van der Waals surface area (Å²) in [5.74, 6) is -4.50. The molecule has 4 heterocycles. The molecule has 2 aromatic rings. The number of aldehydes is 1. The van der Waals surface area contributed by atoms with Crippen LogP contribution in [0.25, 0.3) is 11.6 Å². The summed E-state index contributed by atoms with van der Waals surface area (Å²) in [6.45, 7) is 4.30. The number of fused-ring (bicyclic) bond motifs is 4. The van der Waals surface area contributed by atoms with Crippen molar-refractivity contribution >= 4 is 29.7 Å². The van der Waals surface area contributed by atoms with Gasteiger partial charge in [0.1, 0.15) is 40.8 Å². The number of carbonyl (C=O) groups is 3. The van der Waals surface area contributed by atoms with Gasteiger partial charge >= 0.3 is 5.97 Å². The third-order valence-corrected chi connectivity index (χ3v) is 15.1. The van der Waals surface area contributed by atoms with Gasteiger partial charge in [-0.2, -0.15) is 0 Å². The van der Waals surface area contributed by atoms with Crippen molar-refractivity contribution in [2.24, 2.45) is 22.7 Å². The number of benzene rings is 2. The monoisotopic (exact) mass is 898 g/mol. The zero-order chi connectivity index (χ0) is 45.6. The van der Waals surface area contributed by atoms with Gasteiger partial charge in [-0.1, -0.05) is 24.1 Å². The Morgan fingerprint density at radius 1 is 1.06 bits per heavy atom. The van der Waals surface area contributed by atoms with Gasteiger partial charge in [0.05, 0.1) is 48.4 Å². The van der Waals surface area contributed by atoms with Crippen LogP contribution in [0.15, 0.2) is 40.1 Å². The molecule has 7 aliphatic rings. The van der Waals surface area contributed by atoms with E-state index in [0.29, 0.717) is 49.8 Å². The van der Waals surface area contributed by atoms with E-state index < -0.39 is 60.4 Å². The van der Waals surface area contributed by atoms with Crippen molar-refractivity contribution in [1.82, 2.24) is 4.90 Å². The number of ether oxygens (including phenoxy) is 5. The maximum Gasteiger partial charge on any atom is 0.375 e. The lowest BCUT2D eigenvalue weighted by atomic mass is 9.63. The fourth-order valence-electron chi connectivity index (χ4n) is 12.1. The summed E-state index contributed by atoms with van der Waals surface area (Å²) in [6, 6.07) is 5.66. The minimum absolute atomic E-state index is 0.00580. The Bertz CT molecular complexity index is 2410. The van der Waals surface area contributed by atoms with E-state index in [9.17, 15) is 39.9 Å². The highest BCUT2D eigenvalue weighted by Crippen LogP contribution is 2.59. The van der Waals surface area contributed by atoms with Gasteiger partial charge in [0, 0.05) is 69.0 Å². The SMILES string of the molecule is CCOC(=O)C1=C(C=O)C(=C2CC(CO)C(=O)C(c3ccc4c(c3)=CCN=4)C2)c2c(c(CO)c3c(c2OC2CCCC(O)(O)C2)CC(C2(O)CCCC4CN(CCCOC)CCC42)O3)O1. The minimum atomic E-state index is -2.00. The number of likely N-dealkylation sites (tertiary alicyclic amines) is 1. The number of hydrogen-bond acceptors (Lipinski definition) is 15. The van der Waals surface area contributed by atoms with E-state index in [0.717, 1.165) is 61.5 Å². The van der Waals surface area contributed by atoms with Gasteiger partial charge in [-0.05, 0) is 99.6 Å². The van der Waals surface area contributed by atoms with E-state index in [4.69, 9.17) is 23.7 Å². The molecule has 9 rings (SSSR count). The maximum absolute atomic E-state index is 14.2. The van der Waals surface area contributed by atoms with Crippen LogP contribution in [0.2, 0.25) is 0 Å². The molecule has 350 valence electrons. The van der Waals surface area contributed by atoms with Crippen LogP contribution in [0.3, 0.4) is 0 Å². The van der Waals surface area contributed by atoms with Crippen molar-refractivity contribution in [2.75, 3.05) is 53.1 Å². The number of rotatable bonds is 13. The smallest absolute Gasteiger partial charge is 0.375 e. The number of Topliss-reactive ketones (excluding diaryl/α,β-unsaturated/α-hetero) is 1. The van der Waals surface area contributed by atoms with Gasteiger partial charge in [0.25, 0.3) is 0 Å². The molecule has 15 nitrogen and oxygen atoms in total. The number of nitrogens with zero attached hydrogens (tertiary/aromatic N) is 2. The summed E-state index contributed by atoms with van der Waals surface area (Å²) >= 11 is 0. The standard InChI is InChI=1S/C50H62N2O13/c1-3-62-48(57)47-36(26-54)41(31-20-32(25-53)43(56)34(21-31)28-9-10-39-29(19-28)11-15-51-39)42-45(63-33-8-5-13-49(58,59)23-33)35-22-40(64-44(35)37(27-55)46(42)65-47)50(60)14-4-7-30-24-52(16-6-18-61-2)17-12-38(30)50/h9-11,19,26,30,32-34,38,40,53,55,58-60H,3-8,12-18,20-25,27H2,1-2H3. The Morgan fingerprint density at radius 2 is 1.89 bits per heavy atom. The molecule has 7 atom stereocenters. The van der Waals surface area contributed by atoms with Crippen LogP contribution in [0.4, 0.5) is 0 Å². The number of carbonyl (C=O) groups excluding carboxylic acids is 3. The van der Waals surface area contributed by atoms with Gasteiger partial charge < -0.3 is 54.1 Å². The molecular formula is C50H62N2O13. The molecule has 2 aromatic carbocycles. The molecule has 5 N–H and O–H groups in total. The molecular weight excluding hydrogens is 837 g/mol. The maximum atomic E-state index is 14.2. The largest absolute Gasteiger partial charge is 0.489 e. The zero-order valence-corrected chi connectivity index (χ0v) is 37.4. The highest BCUT2D eigenvalue weighted by Gasteiger charge is 2.55. The number of methoxy groups -OCH3 is 1. The number of aliphatic hydroxyl groups excluding tert-OH is 2. The number of hydrogen-bond donors (Lipinski definition) is 5. The Morgan fingerprint density at radius 3 is 2.65 bits per heavy atom. The first-order valence-corrected chi connectivity index (χ1v) is 23.5. The van der Waals surface area contributed by atoms with Crippen molar-refractivity contribution in [2.45, 2.75) is 120 Å². The molecule has 0 spiro atoms. The zero-order valence-electron chi connectivity index (χ0n) is 37.4. The van der Waals surface area contributed by atoms with Crippen LogP contribution < -0.4 is 24.8 Å². The summed E-state index contributed by atoms with van der Waals surface area (Å²) in [6.07, 6.45) is 6.25. The van der Waals surface area contributed by atoms with Gasteiger partial charge in [-0.3, -0.25) is 14.6 Å². The van der Waals surface area contributed by atoms with Gasteiger partial charge in [-0.15, -0.1) is 0 Å². The molecule has 0 bridgehead atoms. The lowest BCUT2D eigenvalue weighted by molar-refractivity contribution is -0.196. The van der Waals surface area contributed by atoms with E-state index in [1.54, 1.807) is 14.0 Å². The first-order valence-electron chi connectivity index (χ1n) is 23.5. The molecule has 7 unspecified atom stereocenters. The van der Waals surface area contributed by atoms with Crippen LogP contribution in [-0.2, 0) is 36.9 Å². The number of piperidine rings is 1. The van der Waals surface area contributed by atoms with Crippen LogP contribution in [0, 0.1) is 17.8 Å². The number of aliphatic hydroxyl groups is 5. The fourth-order valence-corrected chi connectivity index (χ4v) is 12.1. The van der Waals surface area contributed by atoms with Crippen LogP contribution in [0.1, 0.15) is 106 Å². The predicted octanol–water partition coefficient (Wildman–Crippen LogP) is 2.71. The van der Waals surface area contributed by atoms with E-state index in [-0.39, 0.29) is 95.9 Å². The van der Waals surface area contributed by atoms with Crippen molar-refractivity contribution in [3.8, 4) is 17.2 Å². The average Bonchev–Trinajstić information content (AvgIpc) is 3.97. The second kappa shape index (κ2) is 18.7. The Hall–Kier alpha value is -4.48. The number of ketones is 1. The highest BCUT2D eigenvalue weighted by atomic mass is 16.6. The van der Waals surface area contributed by atoms with E-state index in [2.05, 4.69) is 9.89 Å². The Kier molecular flexibility index (Phi) is 13.1. The van der Waals surface area contributed by atoms with E-state index >= 15 is 0 Å². The summed E-state index contributed by atoms with van der Waals surface area (Å²) in [5, 5.41) is 58.7. The normalized spacial score (nSPS) is 30.5. The van der Waals surface area contributed by atoms with Crippen molar-refractivity contribution in [3.05, 3.63) is 67.9 Å². The topological polar surface area (TPSA) is 214 Å². The Labute approximate surface area is 378 Å². The molecule has 3 aliphatic carbocycles. The fraction of sp³-hybridized carbons (Fsp3) is 0.600. The summed E-state index contributed by atoms with van der Waals surface area (Å²) < 4.78 is 31.1. The minimum Gasteiger partial charge on any atom is -0.489 e. The predicted molar refractivity (Wildman–Crippen MR) is 235 cm³/mol. The van der Waals surface area contributed by atoms with Crippen molar-refractivity contribution in [1.29, 1.82) is 0 Å². The van der Waals surface area contributed by atoms with Crippen LogP contribution >= 0.6 is 0 Å². The lowest BCUT2D eigenvalue weighted by Crippen LogP contribution is -2.59. The molecule has 1 saturated heterocycles. The third-order valence-electron chi connectivity index (χ3n) is 15.1. The quantitative estimate of drug-likeness (QED) is 0.0847. The van der Waals surface area contributed by atoms with E-state index in [1.165, 1.54) is 0 Å². The van der Waals surface area contributed by atoms with Crippen LogP contribution in [-0.4, -0.2) is 125 Å². The Balaban J connectivity index is 1.21. The molecule has 3 saturated carbocycles. The molecule has 4 fully saturated rings. The average molecular weight is 899 g/mol. The van der Waals surface area contributed by atoms with Gasteiger partial charge in [-0.25, -0.2) is 4.79 Å². The highest BCUT2D eigenvalue weighted by molar-refractivity contribution is 6.11. The van der Waals surface area contributed by atoms with Crippen LogP contribution in [0.5, 0.6) is 17.2 Å². The molecule has 0 amide bonds. The molecule has 15 heteroatoms. The molecule has 4 aliphatic heterocycles. The summed E-state index contributed by atoms with van der Waals surface area (Å²) in [5.41, 5.74) is 1.10. The second-order valence-corrected chi connectivity index (χ2v) is 19.1. The molecule has 0 aromatic heterocycles. The second-order valence-electron chi connectivity index (χ2n) is 19.1. The number of esters is 1. The summed E-state index contributed by atoms with van der Waals surface area (Å²) in [7, 11) is 1.71. The first-order chi connectivity index (χ1) is 31.4. The molecule has 0 radical (unpaired) electrons. The first kappa shape index (κ1) is 45.7. The summed E-state index contributed by atoms with van der Waals surface area (Å²) in [4.78, 5) is 48.7.